The molecule has 0 atom stereocenters. The van der Waals surface area contributed by atoms with Gasteiger partial charge in [-0.3, -0.25) is 0 Å². The summed E-state index contributed by atoms with van der Waals surface area (Å²) in [5.74, 6) is 2.44. The molecule has 0 aromatic carbocycles. The van der Waals surface area contributed by atoms with E-state index in [1.165, 1.54) is 25.7 Å². The fourth-order valence-electron chi connectivity index (χ4n) is 1.39. The molecule has 0 aromatic heterocycles. The maximum atomic E-state index is 6.81. The van der Waals surface area contributed by atoms with Gasteiger partial charge in [-0.25, -0.2) is 0 Å². The molecule has 0 aliphatic heterocycles. The van der Waals surface area contributed by atoms with Gasteiger partial charge in [0, 0.05) is 6.61 Å². The van der Waals surface area contributed by atoms with Crippen LogP contribution in [0, 0.1) is 12.3 Å². The van der Waals surface area contributed by atoms with Gasteiger partial charge in [0.15, 0.2) is 8.32 Å². The molecule has 3 heteroatoms. The van der Waals surface area contributed by atoms with E-state index in [0.717, 1.165) is 19.4 Å². The van der Waals surface area contributed by atoms with Gasteiger partial charge >= 0.3 is 18.9 Å². The van der Waals surface area contributed by atoms with Crippen LogP contribution in [0.5, 0.6) is 0 Å². The molecule has 18 heavy (non-hydrogen) atoms. The van der Waals surface area contributed by atoms with Crippen LogP contribution in [0.25, 0.3) is 0 Å². The first-order valence-electron chi connectivity index (χ1n) is 6.85. The Balaban J connectivity index is 0. The first-order valence-corrected chi connectivity index (χ1v) is 9.75. The van der Waals surface area contributed by atoms with E-state index >= 15 is 0 Å². The van der Waals surface area contributed by atoms with Crippen LogP contribution in [0.15, 0.2) is 0 Å². The molecule has 0 aliphatic rings. The minimum Gasteiger partial charge on any atom is -0.694 e. The second-order valence-corrected chi connectivity index (χ2v) is 11.1. The van der Waals surface area contributed by atoms with Gasteiger partial charge in [-0.05, 0) is 37.4 Å². The molecule has 0 bridgehead atoms. The molecule has 0 aliphatic carbocycles. The van der Waals surface area contributed by atoms with Crippen LogP contribution in [-0.4, -0.2) is 14.9 Å². The van der Waals surface area contributed by atoms with E-state index in [-0.39, 0.29) is 18.9 Å². The minimum absolute atomic E-state index is 0. The maximum Gasteiger partial charge on any atom is 1.00 e. The average Bonchev–Trinajstić information content (AvgIpc) is 2.20. The molecule has 1 nitrogen and oxygen atoms in total. The van der Waals surface area contributed by atoms with Crippen LogP contribution in [0.3, 0.4) is 0 Å². The van der Waals surface area contributed by atoms with Gasteiger partial charge < -0.3 is 16.8 Å². The number of rotatable bonds is 8. The van der Waals surface area contributed by atoms with E-state index in [1.807, 2.05) is 0 Å². The molecular formula is C15H29LiOSi. The molecule has 0 radical (unpaired) electrons. The van der Waals surface area contributed by atoms with Crippen LogP contribution >= 0.6 is 0 Å². The van der Waals surface area contributed by atoms with Crippen LogP contribution in [0.2, 0.25) is 18.1 Å². The van der Waals surface area contributed by atoms with Gasteiger partial charge in [0.2, 0.25) is 0 Å². The summed E-state index contributed by atoms with van der Waals surface area (Å²) in [7, 11) is -1.52. The van der Waals surface area contributed by atoms with Crippen LogP contribution in [0.4, 0.5) is 0 Å². The molecule has 100 valence electrons. The summed E-state index contributed by atoms with van der Waals surface area (Å²) in [5.41, 5.74) is 0. The third-order valence-corrected chi connectivity index (χ3v) is 8.25. The van der Waals surface area contributed by atoms with E-state index in [1.54, 1.807) is 0 Å². The van der Waals surface area contributed by atoms with Crippen molar-refractivity contribution in [1.82, 2.24) is 0 Å². The van der Waals surface area contributed by atoms with Gasteiger partial charge in [0.05, 0.1) is 0 Å². The first kappa shape index (κ1) is 20.6. The second kappa shape index (κ2) is 10.2. The summed E-state index contributed by atoms with van der Waals surface area (Å²) in [5, 5.41) is 0.326. The van der Waals surface area contributed by atoms with Gasteiger partial charge in [-0.1, -0.05) is 40.0 Å². The van der Waals surface area contributed by atoms with Crippen LogP contribution < -0.4 is 18.9 Å². The Bertz CT molecular complexity index is 238. The topological polar surface area (TPSA) is 9.23 Å². The summed E-state index contributed by atoms with van der Waals surface area (Å²) in [4.78, 5) is 0. The normalized spacial score (nSPS) is 11.8. The minimum atomic E-state index is -1.52. The third kappa shape index (κ3) is 9.29. The largest absolute Gasteiger partial charge is 1.00 e. The van der Waals surface area contributed by atoms with Crippen molar-refractivity contribution in [2.75, 3.05) is 6.61 Å². The molecule has 0 spiro atoms. The SMILES string of the molecule is [C-]#CCCCCCCCO[Si](C)(C)C(C)(C)C.[Li+]. The Labute approximate surface area is 128 Å². The summed E-state index contributed by atoms with van der Waals surface area (Å²) >= 11 is 0. The van der Waals surface area contributed by atoms with Crippen molar-refractivity contribution in [3.8, 4) is 5.92 Å². The van der Waals surface area contributed by atoms with Crippen molar-refractivity contribution in [3.05, 3.63) is 6.42 Å². The summed E-state index contributed by atoms with van der Waals surface area (Å²) < 4.78 is 6.12. The monoisotopic (exact) mass is 260 g/mol. The zero-order chi connectivity index (χ0) is 13.4. The van der Waals surface area contributed by atoms with Crippen molar-refractivity contribution < 1.29 is 23.3 Å². The quantitative estimate of drug-likeness (QED) is 0.280. The fraction of sp³-hybridized carbons (Fsp3) is 0.867. The predicted octanol–water partition coefficient (Wildman–Crippen LogP) is 1.94. The standard InChI is InChI=1S/C15H29OSi.Li/c1-7-8-9-10-11-12-13-14-16-17(5,6)15(2,3)4;/h8-14H2,2-6H3;/q-1;+1. The van der Waals surface area contributed by atoms with Crippen LogP contribution in [0.1, 0.15) is 59.3 Å². The van der Waals surface area contributed by atoms with Crippen molar-refractivity contribution in [3.63, 3.8) is 0 Å². The average molecular weight is 260 g/mol. The van der Waals surface area contributed by atoms with E-state index in [2.05, 4.69) is 39.8 Å². The summed E-state index contributed by atoms with van der Waals surface area (Å²) in [6.07, 6.45) is 13.7. The van der Waals surface area contributed by atoms with Gasteiger partial charge in [0.25, 0.3) is 0 Å². The van der Waals surface area contributed by atoms with E-state index in [9.17, 15) is 0 Å². The third-order valence-electron chi connectivity index (χ3n) is 3.72. The Morgan fingerprint density at radius 1 is 1.00 bits per heavy atom. The maximum absolute atomic E-state index is 6.81. The van der Waals surface area contributed by atoms with Crippen molar-refractivity contribution in [2.45, 2.75) is 77.4 Å². The molecule has 0 fully saturated rings. The molecule has 0 aromatic rings. The Hall–Kier alpha value is 0.334. The number of hydrogen-bond donors (Lipinski definition) is 0. The van der Waals surface area contributed by atoms with E-state index < -0.39 is 8.32 Å². The van der Waals surface area contributed by atoms with Crippen LogP contribution in [-0.2, 0) is 4.43 Å². The zero-order valence-electron chi connectivity index (χ0n) is 13.4. The van der Waals surface area contributed by atoms with Gasteiger partial charge in [-0.15, -0.1) is 0 Å². The first-order chi connectivity index (χ1) is 7.81. The second-order valence-electron chi connectivity index (χ2n) is 6.30. The molecule has 0 saturated heterocycles. The number of hydrogen-bond acceptors (Lipinski definition) is 1. The Kier molecular flexibility index (Phi) is 11.7. The molecule has 0 N–H and O–H groups in total. The summed E-state index contributed by atoms with van der Waals surface area (Å²) in [6.45, 7) is 12.4. The van der Waals surface area contributed by atoms with Gasteiger partial charge in [0.1, 0.15) is 0 Å². The van der Waals surface area contributed by atoms with E-state index in [0.29, 0.717) is 5.04 Å². The Morgan fingerprint density at radius 2 is 1.50 bits per heavy atom. The van der Waals surface area contributed by atoms with E-state index in [4.69, 9.17) is 10.8 Å². The van der Waals surface area contributed by atoms with Crippen molar-refractivity contribution >= 4 is 8.32 Å². The molecule has 0 rings (SSSR count). The molecule has 0 amide bonds. The zero-order valence-corrected chi connectivity index (χ0v) is 14.4. The molecular weight excluding hydrogens is 231 g/mol. The fourth-order valence-corrected chi connectivity index (χ4v) is 2.48. The van der Waals surface area contributed by atoms with Crippen molar-refractivity contribution in [1.29, 1.82) is 0 Å². The van der Waals surface area contributed by atoms with Gasteiger partial charge in [-0.2, -0.15) is 0 Å². The smallest absolute Gasteiger partial charge is 0.694 e. The molecule has 0 saturated carbocycles. The summed E-state index contributed by atoms with van der Waals surface area (Å²) in [6, 6.07) is 0. The molecule has 0 heterocycles. The predicted molar refractivity (Wildman–Crippen MR) is 78.0 cm³/mol. The molecule has 0 unspecified atom stereocenters. The van der Waals surface area contributed by atoms with Crippen molar-refractivity contribution in [2.24, 2.45) is 0 Å². The number of unbranched alkanes of at least 4 members (excludes halogenated alkanes) is 5. The Morgan fingerprint density at radius 3 is 2.00 bits per heavy atom.